The molecule has 12 heavy (non-hydrogen) atoms. The number of hydrogen-bond acceptors (Lipinski definition) is 3. The lowest BCUT2D eigenvalue weighted by atomic mass is 10.2. The van der Waals surface area contributed by atoms with Crippen LogP contribution in [0.25, 0.3) is 0 Å². The molecular weight excluding hydrogens is 150 g/mol. The van der Waals surface area contributed by atoms with Crippen molar-refractivity contribution in [2.75, 3.05) is 13.1 Å². The molecule has 0 saturated carbocycles. The van der Waals surface area contributed by atoms with Gasteiger partial charge in [0.15, 0.2) is 0 Å². The van der Waals surface area contributed by atoms with E-state index in [0.717, 1.165) is 32.4 Å². The molecule has 0 radical (unpaired) electrons. The highest BCUT2D eigenvalue weighted by Gasteiger charge is 1.97. The topological polar surface area (TPSA) is 64.1 Å². The monoisotopic (exact) mass is 173 g/mol. The molecule has 3 heteroatoms. The van der Waals surface area contributed by atoms with Gasteiger partial charge in [0.2, 0.25) is 0 Å². The van der Waals surface area contributed by atoms with E-state index < -0.39 is 0 Å². The van der Waals surface area contributed by atoms with Crippen molar-refractivity contribution < 1.29 is 0 Å². The average molecular weight is 173 g/mol. The summed E-state index contributed by atoms with van der Waals surface area (Å²) in [6.07, 6.45) is 3.17. The van der Waals surface area contributed by atoms with Gasteiger partial charge in [-0.25, -0.2) is 0 Å². The van der Waals surface area contributed by atoms with Crippen molar-refractivity contribution >= 4 is 0 Å². The first-order valence-electron chi connectivity index (χ1n) is 4.88. The molecule has 0 heterocycles. The highest BCUT2D eigenvalue weighted by atomic mass is 14.9. The molecule has 0 aromatic rings. The first kappa shape index (κ1) is 11.9. The molecule has 3 nitrogen and oxygen atoms in total. The molecule has 0 aliphatic rings. The first-order valence-corrected chi connectivity index (χ1v) is 4.88. The van der Waals surface area contributed by atoms with Gasteiger partial charge in [-0.3, -0.25) is 0 Å². The molecule has 0 rings (SSSR count). The molecule has 0 aromatic carbocycles. The summed E-state index contributed by atoms with van der Waals surface area (Å²) in [6, 6.07) is 0.658. The van der Waals surface area contributed by atoms with E-state index in [0.29, 0.717) is 12.1 Å². The summed E-state index contributed by atoms with van der Waals surface area (Å²) in [7, 11) is 0. The Kier molecular flexibility index (Phi) is 7.45. The largest absolute Gasteiger partial charge is 0.328 e. The number of nitrogens with two attached hydrogens (primary N) is 2. The smallest absolute Gasteiger partial charge is 0.00482 e. The van der Waals surface area contributed by atoms with Crippen LogP contribution in [0.1, 0.15) is 33.1 Å². The van der Waals surface area contributed by atoms with Gasteiger partial charge in [-0.2, -0.15) is 0 Å². The molecular formula is C9H23N3. The zero-order chi connectivity index (χ0) is 9.40. The Labute approximate surface area is 75.9 Å². The minimum absolute atomic E-state index is 0.303. The Bertz CT molecular complexity index is 93.8. The van der Waals surface area contributed by atoms with E-state index in [1.807, 2.05) is 6.92 Å². The maximum Gasteiger partial charge on any atom is 0.00482 e. The molecule has 0 saturated heterocycles. The van der Waals surface area contributed by atoms with Gasteiger partial charge in [0.25, 0.3) is 0 Å². The van der Waals surface area contributed by atoms with Gasteiger partial charge in [0.1, 0.15) is 0 Å². The molecule has 0 spiro atoms. The summed E-state index contributed by atoms with van der Waals surface area (Å²) < 4.78 is 0. The Morgan fingerprint density at radius 2 is 1.75 bits per heavy atom. The van der Waals surface area contributed by atoms with Gasteiger partial charge in [0.05, 0.1) is 0 Å². The van der Waals surface area contributed by atoms with Crippen LogP contribution in [0.3, 0.4) is 0 Å². The number of nitrogens with one attached hydrogen (secondary N) is 1. The summed E-state index contributed by atoms with van der Waals surface area (Å²) >= 11 is 0. The number of hydrogen-bond donors (Lipinski definition) is 3. The molecule has 2 atom stereocenters. The summed E-state index contributed by atoms with van der Waals surface area (Å²) in [5, 5.41) is 3.32. The lowest BCUT2D eigenvalue weighted by Crippen LogP contribution is -2.28. The van der Waals surface area contributed by atoms with Crippen molar-refractivity contribution in [3.8, 4) is 0 Å². The van der Waals surface area contributed by atoms with E-state index in [9.17, 15) is 0 Å². The van der Waals surface area contributed by atoms with Crippen LogP contribution in [0.4, 0.5) is 0 Å². The molecule has 5 N–H and O–H groups in total. The molecule has 2 unspecified atom stereocenters. The van der Waals surface area contributed by atoms with Crippen LogP contribution in [-0.4, -0.2) is 25.2 Å². The van der Waals surface area contributed by atoms with Gasteiger partial charge in [-0.15, -0.1) is 0 Å². The third kappa shape index (κ3) is 7.98. The highest BCUT2D eigenvalue weighted by molar-refractivity contribution is 4.61. The standard InChI is InChI=1S/C9H23N3/c1-3-9(11)5-7-12-6-4-8(2)10/h8-9,12H,3-7,10-11H2,1-2H3. The second-order valence-electron chi connectivity index (χ2n) is 3.47. The second kappa shape index (κ2) is 7.53. The van der Waals surface area contributed by atoms with E-state index >= 15 is 0 Å². The maximum atomic E-state index is 5.75. The van der Waals surface area contributed by atoms with Crippen molar-refractivity contribution in [1.29, 1.82) is 0 Å². The van der Waals surface area contributed by atoms with E-state index in [-0.39, 0.29) is 0 Å². The van der Waals surface area contributed by atoms with Crippen LogP contribution >= 0.6 is 0 Å². The van der Waals surface area contributed by atoms with Gasteiger partial charge in [-0.1, -0.05) is 6.92 Å². The Morgan fingerprint density at radius 3 is 2.25 bits per heavy atom. The molecule has 0 aliphatic heterocycles. The summed E-state index contributed by atoms with van der Waals surface area (Å²) in [5.41, 5.74) is 11.3. The van der Waals surface area contributed by atoms with E-state index in [2.05, 4.69) is 12.2 Å². The van der Waals surface area contributed by atoms with Crippen molar-refractivity contribution in [2.45, 2.75) is 45.2 Å². The average Bonchev–Trinajstić information content (AvgIpc) is 2.03. The van der Waals surface area contributed by atoms with Crippen molar-refractivity contribution in [2.24, 2.45) is 11.5 Å². The van der Waals surface area contributed by atoms with Crippen molar-refractivity contribution in [3.05, 3.63) is 0 Å². The minimum Gasteiger partial charge on any atom is -0.328 e. The summed E-state index contributed by atoms with van der Waals surface area (Å²) in [4.78, 5) is 0. The van der Waals surface area contributed by atoms with Gasteiger partial charge in [0, 0.05) is 12.1 Å². The molecule has 0 aromatic heterocycles. The molecule has 0 fully saturated rings. The normalized spacial score (nSPS) is 16.0. The Morgan fingerprint density at radius 1 is 1.17 bits per heavy atom. The Hall–Kier alpha value is -0.120. The quantitative estimate of drug-likeness (QED) is 0.490. The Balaban J connectivity index is 3.00. The maximum absolute atomic E-state index is 5.75. The second-order valence-corrected chi connectivity index (χ2v) is 3.47. The minimum atomic E-state index is 0.303. The zero-order valence-corrected chi connectivity index (χ0v) is 8.34. The SMILES string of the molecule is CCC(N)CCNCCC(C)N. The van der Waals surface area contributed by atoms with Gasteiger partial charge in [-0.05, 0) is 39.3 Å². The fourth-order valence-corrected chi connectivity index (χ4v) is 0.946. The predicted molar refractivity (Wildman–Crippen MR) is 54.0 cm³/mol. The number of rotatable bonds is 7. The fraction of sp³-hybridized carbons (Fsp3) is 1.00. The lowest BCUT2D eigenvalue weighted by Gasteiger charge is -2.10. The zero-order valence-electron chi connectivity index (χ0n) is 8.34. The first-order chi connectivity index (χ1) is 5.66. The summed E-state index contributed by atoms with van der Waals surface area (Å²) in [6.45, 7) is 6.17. The molecule has 0 amide bonds. The van der Waals surface area contributed by atoms with Crippen LogP contribution in [0.2, 0.25) is 0 Å². The molecule has 0 aliphatic carbocycles. The third-order valence-corrected chi connectivity index (χ3v) is 1.99. The van der Waals surface area contributed by atoms with Crippen molar-refractivity contribution in [3.63, 3.8) is 0 Å². The molecule has 0 bridgehead atoms. The molecule has 74 valence electrons. The van der Waals surface area contributed by atoms with Crippen LogP contribution in [0.15, 0.2) is 0 Å². The third-order valence-electron chi connectivity index (χ3n) is 1.99. The van der Waals surface area contributed by atoms with Gasteiger partial charge >= 0.3 is 0 Å². The van der Waals surface area contributed by atoms with E-state index in [4.69, 9.17) is 11.5 Å². The highest BCUT2D eigenvalue weighted by Crippen LogP contribution is 1.91. The van der Waals surface area contributed by atoms with Crippen molar-refractivity contribution in [1.82, 2.24) is 5.32 Å². The van der Waals surface area contributed by atoms with E-state index in [1.165, 1.54) is 0 Å². The van der Waals surface area contributed by atoms with Crippen LogP contribution < -0.4 is 16.8 Å². The van der Waals surface area contributed by atoms with Crippen LogP contribution in [-0.2, 0) is 0 Å². The van der Waals surface area contributed by atoms with Crippen LogP contribution in [0, 0.1) is 0 Å². The fourth-order valence-electron chi connectivity index (χ4n) is 0.946. The predicted octanol–water partition coefficient (Wildman–Crippen LogP) is 0.441. The van der Waals surface area contributed by atoms with Gasteiger partial charge < -0.3 is 16.8 Å². The lowest BCUT2D eigenvalue weighted by molar-refractivity contribution is 0.528. The summed E-state index contributed by atoms with van der Waals surface area (Å²) in [5.74, 6) is 0. The van der Waals surface area contributed by atoms with Crippen LogP contribution in [0.5, 0.6) is 0 Å². The van der Waals surface area contributed by atoms with E-state index in [1.54, 1.807) is 0 Å².